The molecule has 0 unspecified atom stereocenters. The number of guanidine groups is 1. The molecule has 102 valence electrons. The topological polar surface area (TPSA) is 36.4 Å². The van der Waals surface area contributed by atoms with Crippen LogP contribution in [0.25, 0.3) is 0 Å². The van der Waals surface area contributed by atoms with E-state index in [2.05, 4.69) is 53.4 Å². The lowest BCUT2D eigenvalue weighted by atomic mass is 9.92. The molecule has 1 aliphatic carbocycles. The van der Waals surface area contributed by atoms with Crippen LogP contribution in [0, 0.1) is 6.92 Å². The van der Waals surface area contributed by atoms with Gasteiger partial charge in [0.05, 0.1) is 0 Å². The van der Waals surface area contributed by atoms with E-state index in [4.69, 9.17) is 0 Å². The van der Waals surface area contributed by atoms with Gasteiger partial charge in [-0.1, -0.05) is 30.3 Å². The zero-order valence-corrected chi connectivity index (χ0v) is 11.9. The summed E-state index contributed by atoms with van der Waals surface area (Å²) < 4.78 is 0. The number of aliphatic imine (C=N–C) groups is 1. The highest BCUT2D eigenvalue weighted by Crippen LogP contribution is 2.48. The third-order valence-electron chi connectivity index (χ3n) is 3.80. The van der Waals surface area contributed by atoms with Crippen molar-refractivity contribution in [1.82, 2.24) is 10.6 Å². The second kappa shape index (κ2) is 5.91. The van der Waals surface area contributed by atoms with Crippen molar-refractivity contribution in [1.29, 1.82) is 0 Å². The summed E-state index contributed by atoms with van der Waals surface area (Å²) in [7, 11) is 1.80. The molecule has 0 heterocycles. The van der Waals surface area contributed by atoms with Gasteiger partial charge in [0, 0.05) is 25.6 Å². The summed E-state index contributed by atoms with van der Waals surface area (Å²) >= 11 is 0. The lowest BCUT2D eigenvalue weighted by molar-refractivity contribution is 0.645. The number of rotatable bonds is 5. The number of aryl methyl sites for hydroxylation is 1. The predicted octanol–water partition coefficient (Wildman–Crippen LogP) is 2.38. The first kappa shape index (κ1) is 13.7. The van der Waals surface area contributed by atoms with E-state index in [-0.39, 0.29) is 0 Å². The maximum absolute atomic E-state index is 4.22. The number of benzene rings is 1. The molecule has 1 aliphatic rings. The van der Waals surface area contributed by atoms with Gasteiger partial charge in [-0.3, -0.25) is 4.99 Å². The molecule has 0 radical (unpaired) electrons. The van der Waals surface area contributed by atoms with E-state index in [1.165, 1.54) is 24.0 Å². The Morgan fingerprint density at radius 1 is 1.37 bits per heavy atom. The van der Waals surface area contributed by atoms with Crippen LogP contribution in [-0.2, 0) is 5.41 Å². The van der Waals surface area contributed by atoms with Crippen LogP contribution < -0.4 is 10.6 Å². The Morgan fingerprint density at radius 3 is 2.68 bits per heavy atom. The summed E-state index contributed by atoms with van der Waals surface area (Å²) in [6.45, 7) is 7.57. The lowest BCUT2D eigenvalue weighted by Crippen LogP contribution is -2.41. The number of hydrogen-bond acceptors (Lipinski definition) is 1. The molecule has 0 amide bonds. The second-order valence-corrected chi connectivity index (χ2v) is 5.19. The molecule has 2 rings (SSSR count). The highest BCUT2D eigenvalue weighted by atomic mass is 15.2. The Morgan fingerprint density at radius 2 is 2.11 bits per heavy atom. The zero-order valence-electron chi connectivity index (χ0n) is 11.9. The molecule has 1 fully saturated rings. The summed E-state index contributed by atoms with van der Waals surface area (Å²) in [6, 6.07) is 8.68. The summed E-state index contributed by atoms with van der Waals surface area (Å²) in [5.41, 5.74) is 3.16. The Bertz CT molecular complexity index is 473. The van der Waals surface area contributed by atoms with Crippen molar-refractivity contribution in [2.45, 2.75) is 25.2 Å². The summed E-state index contributed by atoms with van der Waals surface area (Å²) in [5, 5.41) is 6.63. The number of nitrogens with one attached hydrogen (secondary N) is 2. The van der Waals surface area contributed by atoms with Gasteiger partial charge in [-0.05, 0) is 30.9 Å². The number of nitrogens with zero attached hydrogens (tertiary/aromatic N) is 1. The fraction of sp³-hybridized carbons (Fsp3) is 0.438. The molecule has 3 nitrogen and oxygen atoms in total. The van der Waals surface area contributed by atoms with Crippen LogP contribution in [0.3, 0.4) is 0 Å². The quantitative estimate of drug-likeness (QED) is 0.483. The molecule has 2 N–H and O–H groups in total. The molecule has 0 bridgehead atoms. The summed E-state index contributed by atoms with van der Waals surface area (Å²) in [4.78, 5) is 4.22. The second-order valence-electron chi connectivity index (χ2n) is 5.19. The van der Waals surface area contributed by atoms with Crippen LogP contribution in [0.15, 0.2) is 41.9 Å². The van der Waals surface area contributed by atoms with Crippen molar-refractivity contribution in [2.24, 2.45) is 4.99 Å². The van der Waals surface area contributed by atoms with E-state index in [1.54, 1.807) is 7.05 Å². The SMILES string of the molecule is C=CCNC(=NC)NCC1(c2ccccc2C)CC1. The van der Waals surface area contributed by atoms with E-state index < -0.39 is 0 Å². The van der Waals surface area contributed by atoms with Crippen molar-refractivity contribution in [3.63, 3.8) is 0 Å². The standard InChI is InChI=1S/C16H23N3/c1-4-11-18-15(17-3)19-12-16(9-10-16)14-8-6-5-7-13(14)2/h4-8H,1,9-12H2,2-3H3,(H2,17,18,19). The first-order chi connectivity index (χ1) is 9.22. The molecule has 0 aliphatic heterocycles. The van der Waals surface area contributed by atoms with Gasteiger partial charge < -0.3 is 10.6 Å². The molecule has 19 heavy (non-hydrogen) atoms. The normalized spacial score (nSPS) is 16.8. The van der Waals surface area contributed by atoms with Crippen LogP contribution in [-0.4, -0.2) is 26.1 Å². The van der Waals surface area contributed by atoms with E-state index in [0.29, 0.717) is 5.41 Å². The largest absolute Gasteiger partial charge is 0.356 e. The molecule has 3 heteroatoms. The molecule has 1 aromatic rings. The third-order valence-corrected chi connectivity index (χ3v) is 3.80. The van der Waals surface area contributed by atoms with Gasteiger partial charge >= 0.3 is 0 Å². The van der Waals surface area contributed by atoms with Crippen LogP contribution >= 0.6 is 0 Å². The van der Waals surface area contributed by atoms with E-state index in [0.717, 1.165) is 19.0 Å². The minimum Gasteiger partial charge on any atom is -0.356 e. The average molecular weight is 257 g/mol. The van der Waals surface area contributed by atoms with Gasteiger partial charge in [0.25, 0.3) is 0 Å². The van der Waals surface area contributed by atoms with Gasteiger partial charge in [-0.2, -0.15) is 0 Å². The van der Waals surface area contributed by atoms with Crippen molar-refractivity contribution < 1.29 is 0 Å². The van der Waals surface area contributed by atoms with Crippen LogP contribution in [0.5, 0.6) is 0 Å². The van der Waals surface area contributed by atoms with Gasteiger partial charge in [0.2, 0.25) is 0 Å². The zero-order chi connectivity index (χ0) is 13.7. The highest BCUT2D eigenvalue weighted by Gasteiger charge is 2.44. The summed E-state index contributed by atoms with van der Waals surface area (Å²) in [6.07, 6.45) is 4.34. The first-order valence-electron chi connectivity index (χ1n) is 6.83. The van der Waals surface area contributed by atoms with Gasteiger partial charge in [-0.25, -0.2) is 0 Å². The average Bonchev–Trinajstić information content (AvgIpc) is 3.20. The minimum absolute atomic E-state index is 0.303. The fourth-order valence-corrected chi connectivity index (χ4v) is 2.50. The first-order valence-corrected chi connectivity index (χ1v) is 6.83. The van der Waals surface area contributed by atoms with Crippen molar-refractivity contribution in [3.8, 4) is 0 Å². The Hall–Kier alpha value is -1.77. The van der Waals surface area contributed by atoms with E-state index in [9.17, 15) is 0 Å². The van der Waals surface area contributed by atoms with Gasteiger partial charge in [0.1, 0.15) is 0 Å². The third kappa shape index (κ3) is 3.16. The van der Waals surface area contributed by atoms with Crippen LogP contribution in [0.4, 0.5) is 0 Å². The fourth-order valence-electron chi connectivity index (χ4n) is 2.50. The minimum atomic E-state index is 0.303. The van der Waals surface area contributed by atoms with Crippen molar-refractivity contribution >= 4 is 5.96 Å². The van der Waals surface area contributed by atoms with Crippen LogP contribution in [0.1, 0.15) is 24.0 Å². The maximum atomic E-state index is 4.22. The number of hydrogen-bond donors (Lipinski definition) is 2. The Balaban J connectivity index is 1.99. The van der Waals surface area contributed by atoms with Gasteiger partial charge in [0.15, 0.2) is 5.96 Å². The van der Waals surface area contributed by atoms with Crippen molar-refractivity contribution in [2.75, 3.05) is 20.1 Å². The predicted molar refractivity (Wildman–Crippen MR) is 81.7 cm³/mol. The van der Waals surface area contributed by atoms with E-state index in [1.807, 2.05) is 6.08 Å². The molecule has 0 atom stereocenters. The Labute approximate surface area is 115 Å². The van der Waals surface area contributed by atoms with E-state index >= 15 is 0 Å². The monoisotopic (exact) mass is 257 g/mol. The van der Waals surface area contributed by atoms with Crippen molar-refractivity contribution in [3.05, 3.63) is 48.0 Å². The Kier molecular flexibility index (Phi) is 4.25. The molecule has 0 aromatic heterocycles. The lowest BCUT2D eigenvalue weighted by Gasteiger charge is -2.20. The smallest absolute Gasteiger partial charge is 0.191 e. The molecule has 1 aromatic carbocycles. The van der Waals surface area contributed by atoms with Crippen LogP contribution in [0.2, 0.25) is 0 Å². The maximum Gasteiger partial charge on any atom is 0.191 e. The van der Waals surface area contributed by atoms with Gasteiger partial charge in [-0.15, -0.1) is 6.58 Å². The summed E-state index contributed by atoms with van der Waals surface area (Å²) in [5.74, 6) is 0.847. The molecular weight excluding hydrogens is 234 g/mol. The molecule has 0 spiro atoms. The highest BCUT2D eigenvalue weighted by molar-refractivity contribution is 5.80. The molecule has 0 saturated heterocycles. The molecular formula is C16H23N3. The molecule has 1 saturated carbocycles.